The summed E-state index contributed by atoms with van der Waals surface area (Å²) in [4.78, 5) is 0. The Balaban J connectivity index is 1.34. The van der Waals surface area contributed by atoms with E-state index in [0.717, 1.165) is 22.3 Å². The van der Waals surface area contributed by atoms with Crippen molar-refractivity contribution in [3.05, 3.63) is 131 Å². The molecule has 0 N–H and O–H groups in total. The van der Waals surface area contributed by atoms with E-state index in [2.05, 4.69) is 109 Å². The van der Waals surface area contributed by atoms with Crippen LogP contribution >= 0.6 is 0 Å². The van der Waals surface area contributed by atoms with Gasteiger partial charge in [0.05, 0.1) is 0 Å². The van der Waals surface area contributed by atoms with Gasteiger partial charge < -0.3 is 0 Å². The first kappa shape index (κ1) is 17.8. The van der Waals surface area contributed by atoms with Crippen molar-refractivity contribution in [1.29, 1.82) is 0 Å². The van der Waals surface area contributed by atoms with Crippen molar-refractivity contribution < 1.29 is 0 Å². The van der Waals surface area contributed by atoms with Crippen LogP contribution in [-0.2, 0) is 0 Å². The van der Waals surface area contributed by atoms with Gasteiger partial charge >= 0.3 is 0 Å². The Bertz CT molecular complexity index is 1210. The number of fused-ring (bicyclic) bond motifs is 2. The van der Waals surface area contributed by atoms with Gasteiger partial charge in [-0.3, -0.25) is 0 Å². The standard InChI is InChI=1S/C30H18/c1-3-27-19-15-25(16-20-28(27)4-1)13-11-23-7-9-24(10-8-23)12-14-26-17-21-29-5-2-6-30(29)22-18-26/h1-10,15-22H. The fraction of sp³-hybridized carbons (Fsp3) is 0. The van der Waals surface area contributed by atoms with Crippen LogP contribution in [0.1, 0.15) is 22.3 Å². The molecule has 0 amide bonds. The lowest BCUT2D eigenvalue weighted by Gasteiger charge is -1.92. The summed E-state index contributed by atoms with van der Waals surface area (Å²) in [7, 11) is 0. The van der Waals surface area contributed by atoms with Gasteiger partial charge in [-0.15, -0.1) is 0 Å². The monoisotopic (exact) mass is 378 g/mol. The highest BCUT2D eigenvalue weighted by Crippen LogP contribution is 2.22. The van der Waals surface area contributed by atoms with Gasteiger partial charge in [0.1, 0.15) is 0 Å². The minimum atomic E-state index is 0.982. The number of hydrogen-bond donors (Lipinski definition) is 0. The van der Waals surface area contributed by atoms with Crippen molar-refractivity contribution in [2.75, 3.05) is 0 Å². The van der Waals surface area contributed by atoms with Gasteiger partial charge in [0.25, 0.3) is 0 Å². The predicted molar refractivity (Wildman–Crippen MR) is 125 cm³/mol. The summed E-state index contributed by atoms with van der Waals surface area (Å²) in [6.07, 6.45) is 0. The first-order valence-corrected chi connectivity index (χ1v) is 9.95. The van der Waals surface area contributed by atoms with Crippen LogP contribution < -0.4 is 0 Å². The molecule has 0 saturated heterocycles. The summed E-state index contributed by atoms with van der Waals surface area (Å²) in [5.74, 6) is 13.0. The molecule has 0 spiro atoms. The maximum atomic E-state index is 3.25. The molecule has 30 heavy (non-hydrogen) atoms. The molecule has 0 saturated carbocycles. The molecular weight excluding hydrogens is 360 g/mol. The van der Waals surface area contributed by atoms with Crippen LogP contribution in [-0.4, -0.2) is 0 Å². The zero-order chi connectivity index (χ0) is 20.2. The highest BCUT2D eigenvalue weighted by atomic mass is 14.0. The molecule has 0 heteroatoms. The van der Waals surface area contributed by atoms with E-state index in [1.807, 2.05) is 24.3 Å². The third kappa shape index (κ3) is 3.95. The van der Waals surface area contributed by atoms with E-state index in [4.69, 9.17) is 0 Å². The van der Waals surface area contributed by atoms with Crippen molar-refractivity contribution >= 4 is 0 Å². The number of benzene rings is 1. The zero-order valence-electron chi connectivity index (χ0n) is 16.4. The molecule has 0 bridgehead atoms. The molecule has 4 aliphatic rings. The summed E-state index contributed by atoms with van der Waals surface area (Å²) in [5, 5.41) is 0. The van der Waals surface area contributed by atoms with Gasteiger partial charge in [-0.25, -0.2) is 0 Å². The van der Waals surface area contributed by atoms with Crippen LogP contribution in [0, 0.1) is 23.7 Å². The van der Waals surface area contributed by atoms with E-state index in [0.29, 0.717) is 0 Å². The predicted octanol–water partition coefficient (Wildman–Crippen LogP) is 6.70. The van der Waals surface area contributed by atoms with Gasteiger partial charge in [0, 0.05) is 22.3 Å². The fourth-order valence-corrected chi connectivity index (χ4v) is 3.42. The van der Waals surface area contributed by atoms with Gasteiger partial charge in [0.15, 0.2) is 0 Å². The van der Waals surface area contributed by atoms with Crippen LogP contribution in [0.3, 0.4) is 0 Å². The highest BCUT2D eigenvalue weighted by molar-refractivity contribution is 5.67. The third-order valence-corrected chi connectivity index (χ3v) is 5.13. The summed E-state index contributed by atoms with van der Waals surface area (Å²) in [6, 6.07) is 37.4. The van der Waals surface area contributed by atoms with Gasteiger partial charge in [-0.1, -0.05) is 84.3 Å². The normalized spacial score (nSPS) is 10.1. The molecule has 0 heterocycles. The molecule has 0 radical (unpaired) electrons. The number of rotatable bonds is 0. The van der Waals surface area contributed by atoms with E-state index in [1.165, 1.54) is 22.3 Å². The molecule has 0 nitrogen and oxygen atoms in total. The second-order valence-electron chi connectivity index (χ2n) is 7.19. The van der Waals surface area contributed by atoms with Crippen molar-refractivity contribution in [3.63, 3.8) is 0 Å². The fourth-order valence-electron chi connectivity index (χ4n) is 3.42. The van der Waals surface area contributed by atoms with E-state index >= 15 is 0 Å². The maximum Gasteiger partial charge on any atom is 0.0249 e. The lowest BCUT2D eigenvalue weighted by molar-refractivity contribution is 1.59. The third-order valence-electron chi connectivity index (χ3n) is 5.13. The SMILES string of the molecule is C(#Cc1ccc2cccc-2cc1)c1ccc(C#Cc2ccc3cccc-3cc2)cc1. The molecular formula is C30H18. The van der Waals surface area contributed by atoms with E-state index in [1.54, 1.807) is 0 Å². The van der Waals surface area contributed by atoms with Crippen molar-refractivity contribution in [1.82, 2.24) is 0 Å². The highest BCUT2D eigenvalue weighted by Gasteiger charge is 1.99. The Kier molecular flexibility index (Phi) is 4.75. The topological polar surface area (TPSA) is 0 Å². The molecule has 0 aromatic heterocycles. The summed E-state index contributed by atoms with van der Waals surface area (Å²) in [5.41, 5.74) is 8.91. The van der Waals surface area contributed by atoms with E-state index in [9.17, 15) is 0 Å². The lowest BCUT2D eigenvalue weighted by Crippen LogP contribution is -1.78. The van der Waals surface area contributed by atoms with Crippen LogP contribution in [0.25, 0.3) is 22.3 Å². The van der Waals surface area contributed by atoms with Crippen molar-refractivity contribution in [3.8, 4) is 45.9 Å². The molecule has 0 aliphatic heterocycles. The van der Waals surface area contributed by atoms with E-state index < -0.39 is 0 Å². The molecule has 4 aliphatic carbocycles. The first-order chi connectivity index (χ1) is 14.8. The lowest BCUT2D eigenvalue weighted by atomic mass is 10.1. The second kappa shape index (κ2) is 8.00. The molecule has 5 rings (SSSR count). The van der Waals surface area contributed by atoms with Gasteiger partial charge in [0.2, 0.25) is 0 Å². The van der Waals surface area contributed by atoms with Crippen LogP contribution in [0.5, 0.6) is 0 Å². The quantitative estimate of drug-likeness (QED) is 0.263. The Labute approximate surface area is 177 Å². The minimum absolute atomic E-state index is 0.982. The Morgan fingerprint density at radius 1 is 0.267 bits per heavy atom. The molecule has 0 fully saturated rings. The molecule has 0 unspecified atom stereocenters. The average molecular weight is 378 g/mol. The van der Waals surface area contributed by atoms with Crippen molar-refractivity contribution in [2.45, 2.75) is 0 Å². The van der Waals surface area contributed by atoms with Gasteiger partial charge in [-0.2, -0.15) is 0 Å². The summed E-state index contributed by atoms with van der Waals surface area (Å²) in [6.45, 7) is 0. The second-order valence-corrected chi connectivity index (χ2v) is 7.19. The van der Waals surface area contributed by atoms with Crippen LogP contribution in [0.4, 0.5) is 0 Å². The zero-order valence-corrected chi connectivity index (χ0v) is 16.4. The molecule has 0 atom stereocenters. The Morgan fingerprint density at radius 2 is 0.500 bits per heavy atom. The van der Waals surface area contributed by atoms with Crippen LogP contribution in [0.15, 0.2) is 109 Å². The molecule has 1 aromatic rings. The maximum absolute atomic E-state index is 3.25. The first-order valence-electron chi connectivity index (χ1n) is 9.95. The van der Waals surface area contributed by atoms with Crippen molar-refractivity contribution in [2.24, 2.45) is 0 Å². The Morgan fingerprint density at radius 3 is 0.767 bits per heavy atom. The summed E-state index contributed by atoms with van der Waals surface area (Å²) >= 11 is 0. The number of hydrogen-bond acceptors (Lipinski definition) is 0. The van der Waals surface area contributed by atoms with Gasteiger partial charge in [-0.05, 0) is 70.8 Å². The largest absolute Gasteiger partial charge is 0.0617 e. The average Bonchev–Trinajstić information content (AvgIpc) is 3.33. The smallest absolute Gasteiger partial charge is 0.0249 e. The van der Waals surface area contributed by atoms with E-state index in [-0.39, 0.29) is 0 Å². The Hall–Kier alpha value is -4.26. The molecule has 1 aromatic carbocycles. The molecule has 138 valence electrons. The minimum Gasteiger partial charge on any atom is -0.0617 e. The van der Waals surface area contributed by atoms with Crippen LogP contribution in [0.2, 0.25) is 0 Å². The summed E-state index contributed by atoms with van der Waals surface area (Å²) < 4.78 is 0.